The van der Waals surface area contributed by atoms with Gasteiger partial charge in [-0.1, -0.05) is 0 Å². The molecule has 94 valence electrons. The quantitative estimate of drug-likeness (QED) is 0.420. The third-order valence-corrected chi connectivity index (χ3v) is 2.67. The van der Waals surface area contributed by atoms with Gasteiger partial charge in [0, 0.05) is 29.6 Å². The summed E-state index contributed by atoms with van der Waals surface area (Å²) in [6.07, 6.45) is 1.60. The van der Waals surface area contributed by atoms with Gasteiger partial charge < -0.3 is 5.73 Å². The minimum Gasteiger partial charge on any atom is -0.398 e. The number of nitrogen functional groups attached to an aromatic ring is 1. The molecule has 0 aliphatic rings. The number of anilines is 1. The van der Waals surface area contributed by atoms with Crippen LogP contribution in [-0.4, -0.2) is 24.7 Å². The smallest absolute Gasteiger partial charge is 0.271 e. The highest BCUT2D eigenvalue weighted by Crippen LogP contribution is 2.27. The van der Waals surface area contributed by atoms with Crippen LogP contribution in [0.2, 0.25) is 0 Å². The zero-order valence-electron chi connectivity index (χ0n) is 9.59. The van der Waals surface area contributed by atoms with E-state index in [9.17, 15) is 10.1 Å². The van der Waals surface area contributed by atoms with Gasteiger partial charge >= 0.3 is 0 Å². The normalized spacial score (nSPS) is 10.7. The molecule has 0 unspecified atom stereocenters. The number of non-ortho nitro benzene ring substituents is 1. The van der Waals surface area contributed by atoms with Gasteiger partial charge in [-0.25, -0.2) is 0 Å². The van der Waals surface area contributed by atoms with Crippen molar-refractivity contribution in [3.05, 3.63) is 46.6 Å². The summed E-state index contributed by atoms with van der Waals surface area (Å²) in [5.41, 5.74) is 7.15. The summed E-state index contributed by atoms with van der Waals surface area (Å²) in [5.74, 6) is 0.447. The fraction of sp³-hybridized carbons (Fsp3) is 0. The first-order valence-corrected chi connectivity index (χ1v) is 5.37. The van der Waals surface area contributed by atoms with E-state index in [4.69, 9.17) is 5.73 Å². The highest BCUT2D eigenvalue weighted by molar-refractivity contribution is 5.74. The lowest BCUT2D eigenvalue weighted by molar-refractivity contribution is -0.384. The van der Waals surface area contributed by atoms with Crippen molar-refractivity contribution < 1.29 is 4.92 Å². The van der Waals surface area contributed by atoms with Crippen LogP contribution in [0.1, 0.15) is 0 Å². The molecule has 2 N–H and O–H groups in total. The van der Waals surface area contributed by atoms with Crippen LogP contribution in [0.25, 0.3) is 17.0 Å². The molecule has 8 nitrogen and oxygen atoms in total. The summed E-state index contributed by atoms with van der Waals surface area (Å²) < 4.78 is 1.53. The Morgan fingerprint density at radius 2 is 2.11 bits per heavy atom. The number of aromatic nitrogens is 4. The van der Waals surface area contributed by atoms with E-state index in [0.717, 1.165) is 0 Å². The fourth-order valence-corrected chi connectivity index (χ4v) is 1.78. The molecule has 0 amide bonds. The minimum atomic E-state index is -0.500. The maximum atomic E-state index is 10.7. The van der Waals surface area contributed by atoms with Crippen molar-refractivity contribution in [2.45, 2.75) is 0 Å². The topological polar surface area (TPSA) is 112 Å². The third kappa shape index (κ3) is 1.75. The van der Waals surface area contributed by atoms with Crippen LogP contribution in [0.15, 0.2) is 36.5 Å². The first-order valence-electron chi connectivity index (χ1n) is 5.37. The highest BCUT2D eigenvalue weighted by Gasteiger charge is 2.15. The Hall–Kier alpha value is -3.03. The van der Waals surface area contributed by atoms with E-state index in [0.29, 0.717) is 17.0 Å². The van der Waals surface area contributed by atoms with Crippen molar-refractivity contribution in [1.29, 1.82) is 0 Å². The van der Waals surface area contributed by atoms with Gasteiger partial charge in [-0.2, -0.15) is 9.61 Å². The lowest BCUT2D eigenvalue weighted by Gasteiger charge is -2.02. The molecule has 0 bridgehead atoms. The van der Waals surface area contributed by atoms with Gasteiger partial charge in [-0.3, -0.25) is 10.1 Å². The van der Waals surface area contributed by atoms with Crippen molar-refractivity contribution in [3.63, 3.8) is 0 Å². The van der Waals surface area contributed by atoms with Crippen molar-refractivity contribution in [3.8, 4) is 11.4 Å². The second kappa shape index (κ2) is 4.02. The molecule has 3 aromatic rings. The molecule has 0 fully saturated rings. The van der Waals surface area contributed by atoms with Crippen molar-refractivity contribution in [1.82, 2.24) is 19.8 Å². The van der Waals surface area contributed by atoms with Gasteiger partial charge in [0.15, 0.2) is 11.5 Å². The van der Waals surface area contributed by atoms with Gasteiger partial charge in [-0.05, 0) is 18.2 Å². The monoisotopic (exact) mass is 256 g/mol. The molecule has 2 heterocycles. The molecule has 0 saturated heterocycles. The first kappa shape index (κ1) is 11.1. The Morgan fingerprint density at radius 3 is 2.84 bits per heavy atom. The Labute approximate surface area is 106 Å². The molecule has 0 aliphatic carbocycles. The van der Waals surface area contributed by atoms with Gasteiger partial charge in [0.25, 0.3) is 5.69 Å². The van der Waals surface area contributed by atoms with Gasteiger partial charge in [0.2, 0.25) is 0 Å². The molecule has 0 radical (unpaired) electrons. The number of hydrogen-bond donors (Lipinski definition) is 1. The Morgan fingerprint density at radius 1 is 1.26 bits per heavy atom. The number of hydrogen-bond acceptors (Lipinski definition) is 6. The Kier molecular flexibility index (Phi) is 2.34. The predicted octanol–water partition coefficient (Wildman–Crippen LogP) is 1.28. The fourth-order valence-electron chi connectivity index (χ4n) is 1.78. The lowest BCUT2D eigenvalue weighted by atomic mass is 10.1. The van der Waals surface area contributed by atoms with E-state index in [1.807, 2.05) is 0 Å². The summed E-state index contributed by atoms with van der Waals surface area (Å²) in [7, 11) is 0. The van der Waals surface area contributed by atoms with Crippen LogP contribution in [0, 0.1) is 10.1 Å². The van der Waals surface area contributed by atoms with E-state index in [1.165, 1.54) is 16.6 Å². The number of fused-ring (bicyclic) bond motifs is 1. The predicted molar refractivity (Wildman–Crippen MR) is 67.3 cm³/mol. The summed E-state index contributed by atoms with van der Waals surface area (Å²) >= 11 is 0. The second-order valence-corrected chi connectivity index (χ2v) is 3.85. The summed E-state index contributed by atoms with van der Waals surface area (Å²) in [4.78, 5) is 10.2. The van der Waals surface area contributed by atoms with Crippen molar-refractivity contribution in [2.24, 2.45) is 0 Å². The number of nitrogens with two attached hydrogens (primary N) is 1. The van der Waals surface area contributed by atoms with Crippen LogP contribution < -0.4 is 5.73 Å². The highest BCUT2D eigenvalue weighted by atomic mass is 16.6. The summed E-state index contributed by atoms with van der Waals surface area (Å²) in [6, 6.07) is 7.70. The number of benzene rings is 1. The first-order chi connectivity index (χ1) is 9.16. The van der Waals surface area contributed by atoms with E-state index in [1.54, 1.807) is 24.4 Å². The largest absolute Gasteiger partial charge is 0.398 e. The number of nitro benzene ring substituents is 1. The van der Waals surface area contributed by atoms with Gasteiger partial charge in [0.05, 0.1) is 4.92 Å². The number of nitrogens with zero attached hydrogens (tertiary/aromatic N) is 5. The summed E-state index contributed by atoms with van der Waals surface area (Å²) in [5, 5.41) is 22.7. The number of rotatable bonds is 2. The molecular weight excluding hydrogens is 248 g/mol. The molecule has 0 aliphatic heterocycles. The average Bonchev–Trinajstić information content (AvgIpc) is 2.82. The van der Waals surface area contributed by atoms with Gasteiger partial charge in [-0.15, -0.1) is 10.2 Å². The SMILES string of the molecule is Nc1cc([N+](=O)[O-])ccc1-c1nnc2cccnn12. The molecule has 3 rings (SSSR count). The zero-order valence-corrected chi connectivity index (χ0v) is 9.59. The van der Waals surface area contributed by atoms with Crippen molar-refractivity contribution >= 4 is 17.0 Å². The van der Waals surface area contributed by atoms with E-state index < -0.39 is 4.92 Å². The molecule has 19 heavy (non-hydrogen) atoms. The molecule has 1 aromatic carbocycles. The average molecular weight is 256 g/mol. The maximum Gasteiger partial charge on any atom is 0.271 e. The molecule has 8 heteroatoms. The van der Waals surface area contributed by atoms with Crippen LogP contribution in [0.4, 0.5) is 11.4 Å². The van der Waals surface area contributed by atoms with E-state index in [-0.39, 0.29) is 11.4 Å². The van der Waals surface area contributed by atoms with Crippen molar-refractivity contribution in [2.75, 3.05) is 5.73 Å². The molecule has 0 spiro atoms. The van der Waals surface area contributed by atoms with E-state index >= 15 is 0 Å². The third-order valence-electron chi connectivity index (χ3n) is 2.67. The standard InChI is InChI=1S/C11H8N6O2/c12-9-6-7(17(18)19)3-4-8(9)11-15-14-10-2-1-5-13-16(10)11/h1-6H,12H2. The Balaban J connectivity index is 2.19. The molecular formula is C11H8N6O2. The van der Waals surface area contributed by atoms with E-state index in [2.05, 4.69) is 15.3 Å². The van der Waals surface area contributed by atoms with Crippen LogP contribution in [-0.2, 0) is 0 Å². The molecule has 2 aromatic heterocycles. The van der Waals surface area contributed by atoms with Crippen LogP contribution in [0.5, 0.6) is 0 Å². The second-order valence-electron chi connectivity index (χ2n) is 3.85. The van der Waals surface area contributed by atoms with Gasteiger partial charge in [0.1, 0.15) is 0 Å². The van der Waals surface area contributed by atoms with Crippen LogP contribution in [0.3, 0.4) is 0 Å². The maximum absolute atomic E-state index is 10.7. The zero-order chi connectivity index (χ0) is 13.4. The van der Waals surface area contributed by atoms with Crippen LogP contribution >= 0.6 is 0 Å². The lowest BCUT2D eigenvalue weighted by Crippen LogP contribution is -1.98. The molecule has 0 saturated carbocycles. The Bertz CT molecular complexity index is 782. The summed E-state index contributed by atoms with van der Waals surface area (Å²) in [6.45, 7) is 0. The minimum absolute atomic E-state index is 0.0666. The number of nitro groups is 1. The molecule has 0 atom stereocenters.